The molecule has 0 N–H and O–H groups in total. The van der Waals surface area contributed by atoms with Crippen molar-refractivity contribution < 1.29 is 4.39 Å². The molecule has 2 fully saturated rings. The first kappa shape index (κ1) is 17.8. The third-order valence-electron chi connectivity index (χ3n) is 6.18. The van der Waals surface area contributed by atoms with E-state index in [9.17, 15) is 4.39 Å². The molecule has 130 valence electrons. The lowest BCUT2D eigenvalue weighted by Gasteiger charge is -2.37. The van der Waals surface area contributed by atoms with Crippen molar-refractivity contribution in [2.75, 3.05) is 0 Å². The van der Waals surface area contributed by atoms with Gasteiger partial charge in [0.15, 0.2) is 6.07 Å². The molecule has 0 saturated heterocycles. The van der Waals surface area contributed by atoms with E-state index in [2.05, 4.69) is 17.9 Å². The van der Waals surface area contributed by atoms with Gasteiger partial charge in [0.05, 0.1) is 0 Å². The summed E-state index contributed by atoms with van der Waals surface area (Å²) in [5, 5.41) is 8.41. The molecule has 0 unspecified atom stereocenters. The highest BCUT2D eigenvalue weighted by atomic mass is 19.1. The molecule has 0 bridgehead atoms. The molecule has 0 amide bonds. The Bertz CT molecular complexity index is 670. The summed E-state index contributed by atoms with van der Waals surface area (Å²) in [4.78, 5) is 0. The minimum absolute atomic E-state index is 0.137. The Kier molecular flexibility index (Phi) is 6.30. The number of nitrogens with zero attached hydrogens (tertiary/aromatic N) is 1. The van der Waals surface area contributed by atoms with Gasteiger partial charge in [-0.2, -0.15) is 5.26 Å². The van der Waals surface area contributed by atoms with Crippen LogP contribution in [0.4, 0.5) is 4.39 Å². The molecule has 0 spiro atoms. The molecule has 0 atom stereocenters. The van der Waals surface area contributed by atoms with Gasteiger partial charge in [-0.25, -0.2) is 4.39 Å². The van der Waals surface area contributed by atoms with Crippen molar-refractivity contribution in [2.24, 2.45) is 17.8 Å². The minimum Gasteiger partial charge on any atom is -0.207 e. The van der Waals surface area contributed by atoms with Gasteiger partial charge in [0.25, 0.3) is 0 Å². The monoisotopic (exact) mass is 335 g/mol. The second kappa shape index (κ2) is 8.87. The number of rotatable bonds is 3. The van der Waals surface area contributed by atoms with Gasteiger partial charge in [0.2, 0.25) is 0 Å². The average Bonchev–Trinajstić information content (AvgIpc) is 2.67. The van der Waals surface area contributed by atoms with Crippen molar-refractivity contribution in [3.63, 3.8) is 0 Å². The normalized spacial score (nSPS) is 29.6. The van der Waals surface area contributed by atoms with Crippen LogP contribution in [0.1, 0.15) is 62.8 Å². The summed E-state index contributed by atoms with van der Waals surface area (Å²) >= 11 is 0. The smallest absolute Gasteiger partial charge is 0.152 e. The summed E-state index contributed by atoms with van der Waals surface area (Å²) in [5.74, 6) is 8.06. The maximum atomic E-state index is 13.1. The highest BCUT2D eigenvalue weighted by Gasteiger charge is 2.30. The van der Waals surface area contributed by atoms with Crippen LogP contribution in [-0.4, -0.2) is 0 Å². The Hall–Kier alpha value is -2.06. The van der Waals surface area contributed by atoms with Crippen LogP contribution in [0.5, 0.6) is 0 Å². The summed E-state index contributed by atoms with van der Waals surface area (Å²) in [7, 11) is 0. The van der Waals surface area contributed by atoms with Crippen LogP contribution >= 0.6 is 0 Å². The Morgan fingerprint density at radius 2 is 1.48 bits per heavy atom. The predicted octanol–water partition coefficient (Wildman–Crippen LogP) is 5.99. The van der Waals surface area contributed by atoms with E-state index in [0.29, 0.717) is 11.8 Å². The second-order valence-corrected chi connectivity index (χ2v) is 7.58. The maximum absolute atomic E-state index is 13.1. The molecule has 25 heavy (non-hydrogen) atoms. The van der Waals surface area contributed by atoms with Crippen molar-refractivity contribution in [3.05, 3.63) is 47.8 Å². The largest absolute Gasteiger partial charge is 0.207 e. The van der Waals surface area contributed by atoms with E-state index >= 15 is 0 Å². The van der Waals surface area contributed by atoms with Crippen LogP contribution in [0, 0.1) is 46.7 Å². The second-order valence-electron chi connectivity index (χ2n) is 7.58. The van der Waals surface area contributed by atoms with E-state index in [0.717, 1.165) is 11.8 Å². The first-order valence-electron chi connectivity index (χ1n) is 9.58. The Morgan fingerprint density at radius 3 is 2.08 bits per heavy atom. The number of allylic oxidation sites excluding steroid dienone is 2. The molecule has 1 aromatic carbocycles. The Labute approximate surface area is 150 Å². The molecular formula is C23H26FN. The fourth-order valence-electron chi connectivity index (χ4n) is 4.73. The van der Waals surface area contributed by atoms with E-state index in [1.807, 2.05) is 24.3 Å². The van der Waals surface area contributed by atoms with Gasteiger partial charge in [-0.3, -0.25) is 0 Å². The van der Waals surface area contributed by atoms with Gasteiger partial charge in [0, 0.05) is 5.92 Å². The van der Waals surface area contributed by atoms with Crippen LogP contribution in [0.25, 0.3) is 0 Å². The minimum atomic E-state index is -0.137. The van der Waals surface area contributed by atoms with Gasteiger partial charge >= 0.3 is 0 Å². The van der Waals surface area contributed by atoms with Crippen LogP contribution in [0.2, 0.25) is 0 Å². The number of nitriles is 1. The molecule has 0 heterocycles. The molecule has 2 aliphatic rings. The maximum Gasteiger partial charge on any atom is 0.152 e. The lowest BCUT2D eigenvalue weighted by atomic mass is 9.68. The molecule has 0 aromatic heterocycles. The third kappa shape index (κ3) is 4.96. The molecule has 1 aromatic rings. The number of benzene rings is 1. The summed E-state index contributed by atoms with van der Waals surface area (Å²) in [5.41, 5.74) is 1.31. The van der Waals surface area contributed by atoms with Crippen molar-refractivity contribution in [3.8, 4) is 17.9 Å². The van der Waals surface area contributed by atoms with E-state index in [-0.39, 0.29) is 5.82 Å². The highest BCUT2D eigenvalue weighted by Crippen LogP contribution is 2.44. The van der Waals surface area contributed by atoms with Crippen LogP contribution in [0.3, 0.4) is 0 Å². The number of hydrogen-bond donors (Lipinski definition) is 0. The highest BCUT2D eigenvalue weighted by molar-refractivity contribution is 5.25. The van der Waals surface area contributed by atoms with Crippen LogP contribution < -0.4 is 0 Å². The molecule has 2 heteroatoms. The molecule has 0 aliphatic heterocycles. The summed E-state index contributed by atoms with van der Waals surface area (Å²) in [6, 6.07) is 8.96. The number of hydrogen-bond acceptors (Lipinski definition) is 1. The van der Waals surface area contributed by atoms with Gasteiger partial charge in [-0.05, 0) is 98.8 Å². The van der Waals surface area contributed by atoms with Crippen molar-refractivity contribution in [1.29, 1.82) is 5.26 Å². The molecule has 2 saturated carbocycles. The quantitative estimate of drug-likeness (QED) is 0.622. The van der Waals surface area contributed by atoms with Gasteiger partial charge < -0.3 is 0 Å². The molecule has 2 aliphatic carbocycles. The first-order valence-corrected chi connectivity index (χ1v) is 9.58. The first-order chi connectivity index (χ1) is 12.3. The van der Waals surface area contributed by atoms with E-state index in [4.69, 9.17) is 5.26 Å². The fourth-order valence-corrected chi connectivity index (χ4v) is 4.73. The lowest BCUT2D eigenvalue weighted by Crippen LogP contribution is -2.25. The van der Waals surface area contributed by atoms with E-state index in [1.54, 1.807) is 12.1 Å². The van der Waals surface area contributed by atoms with Crippen LogP contribution in [0.15, 0.2) is 36.4 Å². The number of halogens is 1. The van der Waals surface area contributed by atoms with Crippen molar-refractivity contribution in [1.82, 2.24) is 0 Å². The topological polar surface area (TPSA) is 23.8 Å². The molecule has 3 rings (SSSR count). The Morgan fingerprint density at radius 1 is 0.880 bits per heavy atom. The third-order valence-corrected chi connectivity index (χ3v) is 6.18. The zero-order valence-corrected chi connectivity index (χ0v) is 14.8. The lowest BCUT2D eigenvalue weighted by molar-refractivity contribution is 0.171. The Balaban J connectivity index is 1.44. The summed E-state index contributed by atoms with van der Waals surface area (Å²) in [6.45, 7) is 0. The zero-order chi connectivity index (χ0) is 17.5. The van der Waals surface area contributed by atoms with E-state index in [1.165, 1.54) is 56.9 Å². The van der Waals surface area contributed by atoms with Gasteiger partial charge in [-0.15, -0.1) is 0 Å². The summed E-state index contributed by atoms with van der Waals surface area (Å²) in [6.07, 6.45) is 14.3. The average molecular weight is 335 g/mol. The molecular weight excluding hydrogens is 309 g/mol. The van der Waals surface area contributed by atoms with Crippen molar-refractivity contribution >= 4 is 0 Å². The molecule has 0 radical (unpaired) electrons. The van der Waals surface area contributed by atoms with Crippen LogP contribution in [-0.2, 0) is 0 Å². The van der Waals surface area contributed by atoms with Crippen molar-refractivity contribution in [2.45, 2.75) is 57.3 Å². The fraction of sp³-hybridized carbons (Fsp3) is 0.522. The van der Waals surface area contributed by atoms with Gasteiger partial charge in [-0.1, -0.05) is 24.1 Å². The van der Waals surface area contributed by atoms with E-state index < -0.39 is 0 Å². The SMILES string of the molecule is N#CC#C/C=C/C1CCC(C2CCC(c3ccc(F)cc3)CC2)CC1. The standard InChI is InChI=1S/C23H26FN/c24-23-15-13-22(14-16-23)21-11-9-20(10-12-21)19-7-5-18(6-8-19)4-2-1-3-17-25/h2,4,13-16,18-21H,5-12H2/b4-2+. The zero-order valence-electron chi connectivity index (χ0n) is 14.8. The summed E-state index contributed by atoms with van der Waals surface area (Å²) < 4.78 is 13.1. The van der Waals surface area contributed by atoms with Gasteiger partial charge in [0.1, 0.15) is 5.82 Å². The predicted molar refractivity (Wildman–Crippen MR) is 99.1 cm³/mol. The molecule has 1 nitrogen and oxygen atoms in total.